The Labute approximate surface area is 94.9 Å². The molecular weight excluding hydrogens is 202 g/mol. The Kier molecular flexibility index (Phi) is 2.26. The zero-order valence-corrected chi connectivity index (χ0v) is 9.70. The molecule has 1 aliphatic carbocycles. The second-order valence-corrected chi connectivity index (χ2v) is 4.45. The molecule has 0 radical (unpaired) electrons. The fourth-order valence-electron chi connectivity index (χ4n) is 2.34. The molecule has 3 heteroatoms. The Balaban J connectivity index is 2.66. The van der Waals surface area contributed by atoms with Crippen molar-refractivity contribution in [2.45, 2.75) is 19.3 Å². The average Bonchev–Trinajstić information content (AvgIpc) is 2.47. The molecule has 0 aromatic heterocycles. The van der Waals surface area contributed by atoms with Gasteiger partial charge < -0.3 is 10.5 Å². The number of fused-ring (bicyclic) bond motifs is 1. The molecule has 0 aliphatic heterocycles. The van der Waals surface area contributed by atoms with Gasteiger partial charge in [0.1, 0.15) is 0 Å². The van der Waals surface area contributed by atoms with Crippen LogP contribution in [0.1, 0.15) is 25.0 Å². The van der Waals surface area contributed by atoms with Crippen molar-refractivity contribution in [2.75, 3.05) is 7.11 Å². The third-order valence-electron chi connectivity index (χ3n) is 3.17. The summed E-state index contributed by atoms with van der Waals surface area (Å²) in [5.41, 5.74) is 8.74. The Morgan fingerprint density at radius 1 is 1.31 bits per heavy atom. The van der Waals surface area contributed by atoms with E-state index in [9.17, 15) is 4.79 Å². The number of carbonyl (C=O) groups is 1. The van der Waals surface area contributed by atoms with Gasteiger partial charge in [0.05, 0.1) is 18.4 Å². The van der Waals surface area contributed by atoms with E-state index >= 15 is 0 Å². The van der Waals surface area contributed by atoms with Crippen molar-refractivity contribution in [1.29, 1.82) is 0 Å². The van der Waals surface area contributed by atoms with Crippen molar-refractivity contribution in [3.63, 3.8) is 0 Å². The summed E-state index contributed by atoms with van der Waals surface area (Å²) >= 11 is 0. The highest BCUT2D eigenvalue weighted by Gasteiger charge is 2.40. The van der Waals surface area contributed by atoms with Gasteiger partial charge in [-0.2, -0.15) is 0 Å². The molecule has 0 bridgehead atoms. The lowest BCUT2D eigenvalue weighted by Crippen LogP contribution is -2.24. The number of esters is 1. The fraction of sp³-hybridized carbons (Fsp3) is 0.308. The van der Waals surface area contributed by atoms with Crippen molar-refractivity contribution in [3.05, 3.63) is 41.0 Å². The number of nitrogens with two attached hydrogens (primary N) is 1. The standard InChI is InChI=1S/C13H15NO2/c1-13(2)9-7-5-4-6-8(9)11(14)10(13)12(15)16-3/h4-7H,14H2,1-3H3. The van der Waals surface area contributed by atoms with Crippen LogP contribution >= 0.6 is 0 Å². The third kappa shape index (κ3) is 1.24. The van der Waals surface area contributed by atoms with Gasteiger partial charge in [-0.25, -0.2) is 4.79 Å². The van der Waals surface area contributed by atoms with Gasteiger partial charge in [0.25, 0.3) is 0 Å². The summed E-state index contributed by atoms with van der Waals surface area (Å²) in [7, 11) is 1.38. The highest BCUT2D eigenvalue weighted by molar-refractivity contribution is 6.03. The van der Waals surface area contributed by atoms with Gasteiger partial charge in [0.2, 0.25) is 0 Å². The number of hydrogen-bond acceptors (Lipinski definition) is 3. The van der Waals surface area contributed by atoms with Crippen LogP contribution in [0, 0.1) is 0 Å². The molecule has 16 heavy (non-hydrogen) atoms. The Morgan fingerprint density at radius 3 is 2.50 bits per heavy atom. The van der Waals surface area contributed by atoms with Crippen molar-refractivity contribution < 1.29 is 9.53 Å². The summed E-state index contributed by atoms with van der Waals surface area (Å²) in [6, 6.07) is 7.80. The zero-order valence-electron chi connectivity index (χ0n) is 9.70. The van der Waals surface area contributed by atoms with Crippen LogP contribution in [0.3, 0.4) is 0 Å². The van der Waals surface area contributed by atoms with Crippen molar-refractivity contribution in [1.82, 2.24) is 0 Å². The zero-order chi connectivity index (χ0) is 11.9. The SMILES string of the molecule is COC(=O)C1=C(N)c2ccccc2C1(C)C. The van der Waals surface area contributed by atoms with E-state index in [2.05, 4.69) is 0 Å². The lowest BCUT2D eigenvalue weighted by atomic mass is 9.81. The minimum absolute atomic E-state index is 0.348. The van der Waals surface area contributed by atoms with Gasteiger partial charge in [-0.1, -0.05) is 38.1 Å². The van der Waals surface area contributed by atoms with Crippen LogP contribution in [0.25, 0.3) is 5.70 Å². The molecule has 2 rings (SSSR count). The third-order valence-corrected chi connectivity index (χ3v) is 3.17. The molecule has 1 aromatic carbocycles. The molecular formula is C13H15NO2. The first kappa shape index (κ1) is 10.7. The van der Waals surface area contributed by atoms with Crippen LogP contribution in [0.15, 0.2) is 29.8 Å². The van der Waals surface area contributed by atoms with E-state index in [-0.39, 0.29) is 11.4 Å². The first-order chi connectivity index (χ1) is 7.50. The van der Waals surface area contributed by atoms with E-state index in [1.807, 2.05) is 38.1 Å². The summed E-state index contributed by atoms with van der Waals surface area (Å²) in [5, 5.41) is 0. The maximum Gasteiger partial charge on any atom is 0.336 e. The first-order valence-electron chi connectivity index (χ1n) is 5.18. The predicted molar refractivity (Wildman–Crippen MR) is 62.6 cm³/mol. The molecule has 0 amide bonds. The smallest absolute Gasteiger partial charge is 0.336 e. The monoisotopic (exact) mass is 217 g/mol. The molecule has 0 fully saturated rings. The number of hydrogen-bond donors (Lipinski definition) is 1. The van der Waals surface area contributed by atoms with Crippen LogP contribution < -0.4 is 5.73 Å². The molecule has 0 atom stereocenters. The largest absolute Gasteiger partial charge is 0.466 e. The maximum atomic E-state index is 11.7. The van der Waals surface area contributed by atoms with Gasteiger partial charge >= 0.3 is 5.97 Å². The molecule has 0 unspecified atom stereocenters. The maximum absolute atomic E-state index is 11.7. The summed E-state index contributed by atoms with van der Waals surface area (Å²) in [5.74, 6) is -0.348. The highest BCUT2D eigenvalue weighted by Crippen LogP contribution is 2.44. The Bertz CT molecular complexity index is 486. The molecule has 2 N–H and O–H groups in total. The second-order valence-electron chi connectivity index (χ2n) is 4.45. The quantitative estimate of drug-likeness (QED) is 0.730. The van der Waals surface area contributed by atoms with E-state index < -0.39 is 0 Å². The van der Waals surface area contributed by atoms with Gasteiger partial charge in [-0.05, 0) is 5.56 Å². The van der Waals surface area contributed by atoms with E-state index in [0.717, 1.165) is 11.1 Å². The van der Waals surface area contributed by atoms with Crippen molar-refractivity contribution in [2.24, 2.45) is 5.73 Å². The van der Waals surface area contributed by atoms with Gasteiger partial charge in [0.15, 0.2) is 0 Å². The lowest BCUT2D eigenvalue weighted by Gasteiger charge is -2.22. The van der Waals surface area contributed by atoms with Crippen LogP contribution in [0.2, 0.25) is 0 Å². The first-order valence-corrected chi connectivity index (χ1v) is 5.18. The molecule has 1 aromatic rings. The highest BCUT2D eigenvalue weighted by atomic mass is 16.5. The van der Waals surface area contributed by atoms with Crippen LogP contribution in [-0.4, -0.2) is 13.1 Å². The average molecular weight is 217 g/mol. The number of carbonyl (C=O) groups excluding carboxylic acids is 1. The lowest BCUT2D eigenvalue weighted by molar-refractivity contribution is -0.136. The Morgan fingerprint density at radius 2 is 1.94 bits per heavy atom. The molecule has 3 nitrogen and oxygen atoms in total. The van der Waals surface area contributed by atoms with E-state index in [0.29, 0.717) is 11.3 Å². The molecule has 84 valence electrons. The molecule has 0 saturated heterocycles. The topological polar surface area (TPSA) is 52.3 Å². The van der Waals surface area contributed by atoms with Gasteiger partial charge in [-0.15, -0.1) is 0 Å². The minimum atomic E-state index is -0.381. The van der Waals surface area contributed by atoms with Crippen molar-refractivity contribution >= 4 is 11.7 Å². The Hall–Kier alpha value is -1.77. The van der Waals surface area contributed by atoms with E-state index in [1.54, 1.807) is 0 Å². The number of benzene rings is 1. The van der Waals surface area contributed by atoms with Crippen LogP contribution in [0.5, 0.6) is 0 Å². The summed E-state index contributed by atoms with van der Waals surface area (Å²) < 4.78 is 4.79. The summed E-state index contributed by atoms with van der Waals surface area (Å²) in [6.07, 6.45) is 0. The molecule has 0 saturated carbocycles. The molecule has 1 aliphatic rings. The van der Waals surface area contributed by atoms with Crippen LogP contribution in [-0.2, 0) is 14.9 Å². The predicted octanol–water partition coefficient (Wildman–Crippen LogP) is 1.82. The van der Waals surface area contributed by atoms with Gasteiger partial charge in [0, 0.05) is 11.0 Å². The number of ether oxygens (including phenoxy) is 1. The second kappa shape index (κ2) is 3.37. The summed E-state index contributed by atoms with van der Waals surface area (Å²) in [6.45, 7) is 3.97. The van der Waals surface area contributed by atoms with E-state index in [4.69, 9.17) is 10.5 Å². The van der Waals surface area contributed by atoms with Gasteiger partial charge in [-0.3, -0.25) is 0 Å². The normalized spacial score (nSPS) is 17.2. The molecule has 0 heterocycles. The van der Waals surface area contributed by atoms with Crippen molar-refractivity contribution in [3.8, 4) is 0 Å². The van der Waals surface area contributed by atoms with Crippen LogP contribution in [0.4, 0.5) is 0 Å². The minimum Gasteiger partial charge on any atom is -0.466 e. The van der Waals surface area contributed by atoms with E-state index in [1.165, 1.54) is 7.11 Å². The number of methoxy groups -OCH3 is 1. The fourth-order valence-corrected chi connectivity index (χ4v) is 2.34. The molecule has 0 spiro atoms. The summed E-state index contributed by atoms with van der Waals surface area (Å²) in [4.78, 5) is 11.7. The number of rotatable bonds is 1.